The molecule has 0 radical (unpaired) electrons. The van der Waals surface area contributed by atoms with Gasteiger partial charge in [-0.15, -0.1) is 0 Å². The molecule has 3 amide bonds. The highest BCUT2D eigenvalue weighted by molar-refractivity contribution is 7.94. The lowest BCUT2D eigenvalue weighted by atomic mass is 9.71. The second kappa shape index (κ2) is 11.6. The standard InChI is InChI=1S/C26H32ClF3N4O5S/c1-14-19(27)4-3-5-20(14)32-13-22(35)34-17-6-7-18(26(29,30)12-17)23(34)25(37)33-16(11-21(28)40(2,38)39)10-15-8-9-31-24(15)36/h3-5,11,15-18,23,32H,6-10,12-13H2,1-2H3,(H,31,36)(H,33,37)/b21-11+/t15-,16+,17+,18+,23-/m0/s1. The van der Waals surface area contributed by atoms with Gasteiger partial charge in [0.25, 0.3) is 5.92 Å². The second-order valence-corrected chi connectivity index (χ2v) is 13.0. The Hall–Kier alpha value is -2.80. The molecule has 1 saturated carbocycles. The van der Waals surface area contributed by atoms with Gasteiger partial charge < -0.3 is 20.9 Å². The van der Waals surface area contributed by atoms with Crippen molar-refractivity contribution in [2.75, 3.05) is 24.7 Å². The molecule has 3 heterocycles. The Morgan fingerprint density at radius 1 is 1.27 bits per heavy atom. The van der Waals surface area contributed by atoms with Crippen molar-refractivity contribution < 1.29 is 36.0 Å². The van der Waals surface area contributed by atoms with E-state index < -0.39 is 69.1 Å². The van der Waals surface area contributed by atoms with Gasteiger partial charge in [0.15, 0.2) is 0 Å². The van der Waals surface area contributed by atoms with Gasteiger partial charge in [0.2, 0.25) is 32.7 Å². The average Bonchev–Trinajstić information content (AvgIpc) is 3.27. The molecule has 40 heavy (non-hydrogen) atoms. The lowest BCUT2D eigenvalue weighted by Gasteiger charge is -2.53. The first-order valence-corrected chi connectivity index (χ1v) is 15.3. The van der Waals surface area contributed by atoms with Crippen LogP contribution in [0.5, 0.6) is 0 Å². The highest BCUT2D eigenvalue weighted by Gasteiger charge is 2.60. The van der Waals surface area contributed by atoms with Gasteiger partial charge in [0, 0.05) is 41.9 Å². The number of fused-ring (bicyclic) bond motifs is 3. The van der Waals surface area contributed by atoms with Gasteiger partial charge in [-0.3, -0.25) is 14.4 Å². The number of sulfone groups is 1. The largest absolute Gasteiger partial charge is 0.376 e. The third kappa shape index (κ3) is 6.40. The number of anilines is 1. The van der Waals surface area contributed by atoms with Crippen molar-refractivity contribution in [3.05, 3.63) is 40.0 Å². The van der Waals surface area contributed by atoms with Crippen molar-refractivity contribution in [3.63, 3.8) is 0 Å². The van der Waals surface area contributed by atoms with E-state index in [4.69, 9.17) is 11.6 Å². The Balaban J connectivity index is 1.59. The molecule has 220 valence electrons. The summed E-state index contributed by atoms with van der Waals surface area (Å²) in [4.78, 5) is 40.3. The van der Waals surface area contributed by atoms with Gasteiger partial charge in [-0.2, -0.15) is 4.39 Å². The molecule has 4 aliphatic rings. The Morgan fingerprint density at radius 2 is 2.00 bits per heavy atom. The van der Waals surface area contributed by atoms with E-state index in [1.165, 1.54) is 4.90 Å². The lowest BCUT2D eigenvalue weighted by Crippen LogP contribution is -2.69. The van der Waals surface area contributed by atoms with Crippen LogP contribution >= 0.6 is 11.6 Å². The van der Waals surface area contributed by atoms with Gasteiger partial charge in [-0.1, -0.05) is 17.7 Å². The number of nitrogens with one attached hydrogen (secondary N) is 3. The molecule has 3 N–H and O–H groups in total. The first-order valence-electron chi connectivity index (χ1n) is 13.0. The minimum absolute atomic E-state index is 0.00357. The number of carbonyl (C=O) groups is 3. The molecule has 9 nitrogen and oxygen atoms in total. The van der Waals surface area contributed by atoms with Gasteiger partial charge in [0.05, 0.1) is 18.5 Å². The summed E-state index contributed by atoms with van der Waals surface area (Å²) in [5.41, 5.74) is 1.27. The Labute approximate surface area is 235 Å². The highest BCUT2D eigenvalue weighted by atomic mass is 35.5. The van der Waals surface area contributed by atoms with E-state index in [0.717, 1.165) is 0 Å². The summed E-state index contributed by atoms with van der Waals surface area (Å²) in [6, 6.07) is 1.34. The van der Waals surface area contributed by atoms with Crippen molar-refractivity contribution in [2.45, 2.75) is 63.1 Å². The fourth-order valence-electron chi connectivity index (χ4n) is 5.82. The number of carbonyl (C=O) groups excluding carboxylic acids is 3. The maximum Gasteiger partial charge on any atom is 0.255 e. The number of benzene rings is 1. The molecule has 0 aromatic heterocycles. The van der Waals surface area contributed by atoms with E-state index >= 15 is 8.78 Å². The van der Waals surface area contributed by atoms with E-state index in [9.17, 15) is 27.2 Å². The van der Waals surface area contributed by atoms with Gasteiger partial charge in [-0.25, -0.2) is 17.2 Å². The zero-order valence-corrected chi connectivity index (χ0v) is 23.6. The van der Waals surface area contributed by atoms with E-state index in [-0.39, 0.29) is 25.3 Å². The molecule has 1 aliphatic carbocycles. The van der Waals surface area contributed by atoms with Crippen molar-refractivity contribution in [2.24, 2.45) is 11.8 Å². The predicted molar refractivity (Wildman–Crippen MR) is 143 cm³/mol. The molecular weight excluding hydrogens is 573 g/mol. The molecule has 2 bridgehead atoms. The van der Waals surface area contributed by atoms with E-state index in [2.05, 4.69) is 16.0 Å². The van der Waals surface area contributed by atoms with E-state index in [0.29, 0.717) is 48.0 Å². The van der Waals surface area contributed by atoms with Crippen LogP contribution in [-0.4, -0.2) is 74.4 Å². The number of nitrogens with zero attached hydrogens (tertiary/aromatic N) is 1. The van der Waals surface area contributed by atoms with E-state index in [1.807, 2.05) is 0 Å². The van der Waals surface area contributed by atoms with Crippen LogP contribution in [0.3, 0.4) is 0 Å². The summed E-state index contributed by atoms with van der Waals surface area (Å²) in [6.45, 7) is 1.83. The Kier molecular flexibility index (Phi) is 8.74. The molecule has 5 rings (SSSR count). The van der Waals surface area contributed by atoms with Crippen molar-refractivity contribution in [1.82, 2.24) is 15.5 Å². The second-order valence-electron chi connectivity index (χ2n) is 10.7. The Bertz CT molecular complexity index is 1330. The molecule has 0 spiro atoms. The van der Waals surface area contributed by atoms with Crippen LogP contribution in [0.15, 0.2) is 29.4 Å². The maximum atomic E-state index is 15.0. The summed E-state index contributed by atoms with van der Waals surface area (Å²) in [7, 11) is -4.26. The monoisotopic (exact) mass is 604 g/mol. The molecule has 3 saturated heterocycles. The summed E-state index contributed by atoms with van der Waals surface area (Å²) < 4.78 is 67.9. The summed E-state index contributed by atoms with van der Waals surface area (Å²) in [5, 5.41) is 7.01. The summed E-state index contributed by atoms with van der Waals surface area (Å²) in [6.07, 6.45) is 1.27. The fourth-order valence-corrected chi connectivity index (χ4v) is 6.41. The molecule has 1 aromatic carbocycles. The molecule has 14 heteroatoms. The first kappa shape index (κ1) is 30.2. The highest BCUT2D eigenvalue weighted by Crippen LogP contribution is 2.49. The smallest absolute Gasteiger partial charge is 0.255 e. The number of hydrogen-bond donors (Lipinski definition) is 3. The number of alkyl halides is 2. The quantitative estimate of drug-likeness (QED) is 0.398. The minimum atomic E-state index is -4.26. The van der Waals surface area contributed by atoms with Crippen LogP contribution in [0.1, 0.15) is 37.7 Å². The summed E-state index contributed by atoms with van der Waals surface area (Å²) >= 11 is 6.14. The Morgan fingerprint density at radius 3 is 2.62 bits per heavy atom. The van der Waals surface area contributed by atoms with Crippen LogP contribution < -0.4 is 16.0 Å². The molecule has 0 unspecified atom stereocenters. The first-order chi connectivity index (χ1) is 18.7. The number of amides is 3. The SMILES string of the molecule is Cc1c(Cl)cccc1NCC(=O)N1[C@@H]2CC[C@H]([C@H]1C(=O)N[C@@H](/C=C(\F)S(C)(=O)=O)C[C@@H]1CCNC1=O)C(F)(F)C2. The number of halogens is 4. The van der Waals surface area contributed by atoms with Gasteiger partial charge >= 0.3 is 0 Å². The zero-order valence-electron chi connectivity index (χ0n) is 22.1. The molecular formula is C26H32ClF3N4O5S. The minimum Gasteiger partial charge on any atom is -0.376 e. The van der Waals surface area contributed by atoms with Gasteiger partial charge in [-0.05, 0) is 56.4 Å². The lowest BCUT2D eigenvalue weighted by molar-refractivity contribution is -0.193. The number of rotatable bonds is 9. The van der Waals surface area contributed by atoms with Crippen molar-refractivity contribution >= 4 is 44.8 Å². The van der Waals surface area contributed by atoms with Crippen LogP contribution in [-0.2, 0) is 24.2 Å². The third-order valence-electron chi connectivity index (χ3n) is 7.91. The predicted octanol–water partition coefficient (Wildman–Crippen LogP) is 2.94. The molecule has 5 atom stereocenters. The van der Waals surface area contributed by atoms with Crippen molar-refractivity contribution in [1.29, 1.82) is 0 Å². The number of hydrogen-bond acceptors (Lipinski definition) is 6. The van der Waals surface area contributed by atoms with Gasteiger partial charge in [0.1, 0.15) is 6.04 Å². The molecule has 1 aromatic rings. The number of piperidine rings is 2. The average molecular weight is 605 g/mol. The topological polar surface area (TPSA) is 125 Å². The van der Waals surface area contributed by atoms with E-state index in [1.54, 1.807) is 25.1 Å². The maximum absolute atomic E-state index is 15.0. The van der Waals surface area contributed by atoms with Crippen LogP contribution in [0.2, 0.25) is 5.02 Å². The van der Waals surface area contributed by atoms with Crippen molar-refractivity contribution in [3.8, 4) is 0 Å². The normalized spacial score (nSPS) is 26.8. The zero-order chi connectivity index (χ0) is 29.4. The summed E-state index contributed by atoms with van der Waals surface area (Å²) in [5.74, 6) is -7.20. The van der Waals surface area contributed by atoms with Crippen LogP contribution in [0, 0.1) is 18.8 Å². The molecule has 4 fully saturated rings. The van der Waals surface area contributed by atoms with Crippen LogP contribution in [0.4, 0.5) is 18.9 Å². The molecule has 3 aliphatic heterocycles. The van der Waals surface area contributed by atoms with Crippen LogP contribution in [0.25, 0.3) is 0 Å². The fraction of sp³-hybridized carbons (Fsp3) is 0.577. The third-order valence-corrected chi connectivity index (χ3v) is 9.16.